The van der Waals surface area contributed by atoms with Gasteiger partial charge in [0.2, 0.25) is 10.0 Å². The molecule has 0 bridgehead atoms. The highest BCUT2D eigenvalue weighted by atomic mass is 32.2. The van der Waals surface area contributed by atoms with E-state index in [0.717, 1.165) is 19.3 Å². The Balaban J connectivity index is 2.10. The van der Waals surface area contributed by atoms with Crippen molar-refractivity contribution in [2.24, 2.45) is 0 Å². The van der Waals surface area contributed by atoms with Crippen LogP contribution in [0.1, 0.15) is 44.6 Å². The normalized spacial score (nSPS) is 16.8. The van der Waals surface area contributed by atoms with Gasteiger partial charge in [-0.25, -0.2) is 13.1 Å². The number of aryl methyl sites for hydroxylation is 1. The maximum absolute atomic E-state index is 12.2. The van der Waals surface area contributed by atoms with Crippen molar-refractivity contribution in [3.8, 4) is 0 Å². The van der Waals surface area contributed by atoms with E-state index in [2.05, 4.69) is 10.0 Å². The van der Waals surface area contributed by atoms with Crippen molar-refractivity contribution in [3.63, 3.8) is 0 Å². The van der Waals surface area contributed by atoms with Crippen molar-refractivity contribution >= 4 is 10.0 Å². The standard InChI is InChI=1S/C13H22N2O3S/c1-9(2)14-8-12-7-13(10(3)18-12)19(16,17)15-11-5-4-6-11/h7,9,11,14-15H,4-6,8H2,1-3H3. The Labute approximate surface area is 114 Å². The van der Waals surface area contributed by atoms with Crippen LogP contribution in [0.15, 0.2) is 15.4 Å². The highest BCUT2D eigenvalue weighted by molar-refractivity contribution is 7.89. The van der Waals surface area contributed by atoms with Crippen LogP contribution in [0.3, 0.4) is 0 Å². The third-order valence-corrected chi connectivity index (χ3v) is 4.95. The molecule has 1 heterocycles. The molecule has 0 unspecified atom stereocenters. The van der Waals surface area contributed by atoms with Crippen LogP contribution in [-0.4, -0.2) is 20.5 Å². The van der Waals surface area contributed by atoms with Crippen LogP contribution in [0.25, 0.3) is 0 Å². The van der Waals surface area contributed by atoms with E-state index in [0.29, 0.717) is 24.1 Å². The Bertz CT molecular complexity index is 530. The summed E-state index contributed by atoms with van der Waals surface area (Å²) in [7, 11) is -3.44. The molecular formula is C13H22N2O3S. The Hall–Kier alpha value is -0.850. The third-order valence-electron chi connectivity index (χ3n) is 3.32. The molecule has 1 aromatic rings. The average Bonchev–Trinajstić information content (AvgIpc) is 2.63. The summed E-state index contributed by atoms with van der Waals surface area (Å²) >= 11 is 0. The number of rotatable bonds is 6. The maximum Gasteiger partial charge on any atom is 0.244 e. The van der Waals surface area contributed by atoms with E-state index in [1.54, 1.807) is 13.0 Å². The first-order valence-corrected chi connectivity index (χ1v) is 8.22. The van der Waals surface area contributed by atoms with Gasteiger partial charge < -0.3 is 9.73 Å². The molecule has 0 aliphatic heterocycles. The van der Waals surface area contributed by atoms with Crippen LogP contribution < -0.4 is 10.0 Å². The van der Waals surface area contributed by atoms with Crippen molar-refractivity contribution in [1.29, 1.82) is 0 Å². The van der Waals surface area contributed by atoms with Crippen molar-refractivity contribution in [1.82, 2.24) is 10.0 Å². The molecule has 108 valence electrons. The Kier molecular flexibility index (Phi) is 4.32. The van der Waals surface area contributed by atoms with Gasteiger partial charge in [-0.2, -0.15) is 0 Å². The first-order chi connectivity index (χ1) is 8.88. The number of hydrogen-bond acceptors (Lipinski definition) is 4. The predicted molar refractivity (Wildman–Crippen MR) is 73.4 cm³/mol. The minimum absolute atomic E-state index is 0.0940. The van der Waals surface area contributed by atoms with Gasteiger partial charge in [0.05, 0.1) is 6.54 Å². The monoisotopic (exact) mass is 286 g/mol. The topological polar surface area (TPSA) is 71.3 Å². The van der Waals surface area contributed by atoms with Crippen molar-refractivity contribution < 1.29 is 12.8 Å². The SMILES string of the molecule is Cc1oc(CNC(C)C)cc1S(=O)(=O)NC1CCC1. The van der Waals surface area contributed by atoms with Crippen LogP contribution in [0.5, 0.6) is 0 Å². The van der Waals surface area contributed by atoms with E-state index < -0.39 is 10.0 Å². The largest absolute Gasteiger partial charge is 0.464 e. The van der Waals surface area contributed by atoms with Gasteiger partial charge in [-0.05, 0) is 19.8 Å². The predicted octanol–water partition coefficient (Wildman–Crippen LogP) is 1.92. The summed E-state index contributed by atoms with van der Waals surface area (Å²) in [4.78, 5) is 0.264. The molecule has 0 spiro atoms. The van der Waals surface area contributed by atoms with Gasteiger partial charge in [0, 0.05) is 18.2 Å². The van der Waals surface area contributed by atoms with E-state index in [-0.39, 0.29) is 10.9 Å². The second-order valence-corrected chi connectivity index (χ2v) is 7.10. The lowest BCUT2D eigenvalue weighted by atomic mass is 9.94. The molecule has 0 saturated heterocycles. The number of hydrogen-bond donors (Lipinski definition) is 2. The van der Waals surface area contributed by atoms with Gasteiger partial charge in [0.1, 0.15) is 16.4 Å². The quantitative estimate of drug-likeness (QED) is 0.838. The molecule has 5 nitrogen and oxygen atoms in total. The lowest BCUT2D eigenvalue weighted by molar-refractivity contribution is 0.383. The summed E-state index contributed by atoms with van der Waals surface area (Å²) in [6.07, 6.45) is 2.96. The molecule has 2 N–H and O–H groups in total. The second kappa shape index (κ2) is 5.64. The minimum Gasteiger partial charge on any atom is -0.464 e. The molecule has 1 fully saturated rings. The number of sulfonamides is 1. The van der Waals surface area contributed by atoms with Crippen LogP contribution >= 0.6 is 0 Å². The van der Waals surface area contributed by atoms with Gasteiger partial charge in [-0.15, -0.1) is 0 Å². The lowest BCUT2D eigenvalue weighted by Crippen LogP contribution is -2.39. The molecule has 1 aromatic heterocycles. The molecule has 0 atom stereocenters. The highest BCUT2D eigenvalue weighted by Gasteiger charge is 2.27. The van der Waals surface area contributed by atoms with Crippen molar-refractivity contribution in [3.05, 3.63) is 17.6 Å². The van der Waals surface area contributed by atoms with Crippen LogP contribution in [0.2, 0.25) is 0 Å². The molecule has 1 aliphatic rings. The zero-order chi connectivity index (χ0) is 14.0. The summed E-state index contributed by atoms with van der Waals surface area (Å²) in [5, 5.41) is 3.21. The summed E-state index contributed by atoms with van der Waals surface area (Å²) < 4.78 is 32.7. The van der Waals surface area contributed by atoms with Gasteiger partial charge in [0.15, 0.2) is 0 Å². The van der Waals surface area contributed by atoms with Gasteiger partial charge >= 0.3 is 0 Å². The lowest BCUT2D eigenvalue weighted by Gasteiger charge is -2.25. The third kappa shape index (κ3) is 3.58. The van der Waals surface area contributed by atoms with Crippen LogP contribution in [0.4, 0.5) is 0 Å². The Morgan fingerprint density at radius 3 is 2.63 bits per heavy atom. The highest BCUT2D eigenvalue weighted by Crippen LogP contribution is 2.24. The van der Waals surface area contributed by atoms with Crippen LogP contribution in [0, 0.1) is 6.92 Å². The summed E-state index contributed by atoms with van der Waals surface area (Å²) in [5.74, 6) is 1.10. The zero-order valence-corrected chi connectivity index (χ0v) is 12.5. The second-order valence-electron chi connectivity index (χ2n) is 5.42. The molecule has 19 heavy (non-hydrogen) atoms. The van der Waals surface area contributed by atoms with Gasteiger partial charge in [-0.3, -0.25) is 0 Å². The molecule has 0 amide bonds. The fraction of sp³-hybridized carbons (Fsp3) is 0.692. The fourth-order valence-electron chi connectivity index (χ4n) is 1.99. The fourth-order valence-corrected chi connectivity index (χ4v) is 3.50. The number of furan rings is 1. The van der Waals surface area contributed by atoms with Crippen molar-refractivity contribution in [2.45, 2.75) is 63.6 Å². The zero-order valence-electron chi connectivity index (χ0n) is 11.7. The van der Waals surface area contributed by atoms with E-state index >= 15 is 0 Å². The van der Waals surface area contributed by atoms with E-state index in [1.165, 1.54) is 0 Å². The minimum atomic E-state index is -3.44. The number of nitrogens with one attached hydrogen (secondary N) is 2. The molecule has 6 heteroatoms. The summed E-state index contributed by atoms with van der Waals surface area (Å²) in [5.41, 5.74) is 0. The summed E-state index contributed by atoms with van der Waals surface area (Å²) in [6, 6.07) is 2.04. The van der Waals surface area contributed by atoms with E-state index in [9.17, 15) is 8.42 Å². The molecule has 0 aromatic carbocycles. The van der Waals surface area contributed by atoms with E-state index in [4.69, 9.17) is 4.42 Å². The molecule has 0 radical (unpaired) electrons. The molecule has 1 saturated carbocycles. The van der Waals surface area contributed by atoms with Gasteiger partial charge in [0.25, 0.3) is 0 Å². The first-order valence-electron chi connectivity index (χ1n) is 6.73. The average molecular weight is 286 g/mol. The summed E-state index contributed by atoms with van der Waals surface area (Å²) in [6.45, 7) is 6.29. The van der Waals surface area contributed by atoms with E-state index in [1.807, 2.05) is 13.8 Å². The molecule has 1 aliphatic carbocycles. The smallest absolute Gasteiger partial charge is 0.244 e. The Morgan fingerprint density at radius 2 is 2.11 bits per heavy atom. The maximum atomic E-state index is 12.2. The van der Waals surface area contributed by atoms with Gasteiger partial charge in [-0.1, -0.05) is 20.3 Å². The molecular weight excluding hydrogens is 264 g/mol. The van der Waals surface area contributed by atoms with Crippen LogP contribution in [-0.2, 0) is 16.6 Å². The van der Waals surface area contributed by atoms with Crippen molar-refractivity contribution in [2.75, 3.05) is 0 Å². The first kappa shape index (κ1) is 14.6. The Morgan fingerprint density at radius 1 is 1.42 bits per heavy atom. The molecule has 2 rings (SSSR count).